The van der Waals surface area contributed by atoms with E-state index in [0.29, 0.717) is 12.0 Å². The van der Waals surface area contributed by atoms with Gasteiger partial charge in [0.05, 0.1) is 4.92 Å². The molecule has 0 atom stereocenters. The molecule has 6 nitrogen and oxygen atoms in total. The summed E-state index contributed by atoms with van der Waals surface area (Å²) < 4.78 is 5.50. The molecule has 0 unspecified atom stereocenters. The fourth-order valence-corrected chi connectivity index (χ4v) is 1.76. The van der Waals surface area contributed by atoms with Gasteiger partial charge in [-0.3, -0.25) is 10.1 Å². The van der Waals surface area contributed by atoms with Crippen molar-refractivity contribution in [3.8, 4) is 11.6 Å². The molecule has 1 aromatic heterocycles. The van der Waals surface area contributed by atoms with Crippen LogP contribution in [-0.4, -0.2) is 14.9 Å². The van der Waals surface area contributed by atoms with Crippen LogP contribution in [0, 0.1) is 17.0 Å². The van der Waals surface area contributed by atoms with Crippen LogP contribution in [0.1, 0.15) is 18.1 Å². The molecule has 0 bridgehead atoms. The summed E-state index contributed by atoms with van der Waals surface area (Å²) >= 11 is 5.87. The Bertz CT molecular complexity index is 661. The average Bonchev–Trinajstić information content (AvgIpc) is 2.44. The highest BCUT2D eigenvalue weighted by molar-refractivity contribution is 6.30. The number of benzene rings is 1. The first-order valence-electron chi connectivity index (χ1n) is 5.95. The zero-order valence-electron chi connectivity index (χ0n) is 11.0. The third-order valence-electron chi connectivity index (χ3n) is 2.81. The van der Waals surface area contributed by atoms with Crippen molar-refractivity contribution in [2.75, 3.05) is 0 Å². The van der Waals surface area contributed by atoms with Crippen LogP contribution in [0.4, 0.5) is 5.69 Å². The molecule has 0 saturated carbocycles. The average molecular weight is 294 g/mol. The first kappa shape index (κ1) is 14.2. The number of nitro groups is 1. The van der Waals surface area contributed by atoms with Crippen LogP contribution in [0.3, 0.4) is 0 Å². The number of ether oxygens (including phenoxy) is 1. The second-order valence-electron chi connectivity index (χ2n) is 4.11. The molecule has 0 aliphatic rings. The van der Waals surface area contributed by atoms with Crippen molar-refractivity contribution >= 4 is 17.3 Å². The molecule has 0 N–H and O–H groups in total. The van der Waals surface area contributed by atoms with Crippen LogP contribution >= 0.6 is 11.6 Å². The maximum atomic E-state index is 11.1. The van der Waals surface area contributed by atoms with Gasteiger partial charge in [0.15, 0.2) is 0 Å². The van der Waals surface area contributed by atoms with Crippen LogP contribution in [0.15, 0.2) is 24.5 Å². The lowest BCUT2D eigenvalue weighted by Crippen LogP contribution is -1.98. The Morgan fingerprint density at radius 1 is 1.40 bits per heavy atom. The van der Waals surface area contributed by atoms with Gasteiger partial charge in [-0.05, 0) is 25.0 Å². The van der Waals surface area contributed by atoms with Crippen molar-refractivity contribution in [2.24, 2.45) is 0 Å². The van der Waals surface area contributed by atoms with Crippen molar-refractivity contribution in [3.05, 3.63) is 50.9 Å². The van der Waals surface area contributed by atoms with Crippen molar-refractivity contribution < 1.29 is 9.66 Å². The van der Waals surface area contributed by atoms with Crippen molar-refractivity contribution in [3.63, 3.8) is 0 Å². The number of aromatic nitrogens is 2. The second kappa shape index (κ2) is 5.83. The van der Waals surface area contributed by atoms with Gasteiger partial charge in [0.2, 0.25) is 11.6 Å². The van der Waals surface area contributed by atoms with Crippen molar-refractivity contribution in [1.29, 1.82) is 0 Å². The van der Waals surface area contributed by atoms with Gasteiger partial charge in [-0.15, -0.1) is 0 Å². The summed E-state index contributed by atoms with van der Waals surface area (Å²) in [7, 11) is 0. The fourth-order valence-electron chi connectivity index (χ4n) is 1.63. The van der Waals surface area contributed by atoms with E-state index in [2.05, 4.69) is 9.97 Å². The van der Waals surface area contributed by atoms with E-state index >= 15 is 0 Å². The van der Waals surface area contributed by atoms with E-state index < -0.39 is 4.92 Å². The predicted molar refractivity (Wildman–Crippen MR) is 74.3 cm³/mol. The Hall–Kier alpha value is -2.21. The molecule has 0 radical (unpaired) electrons. The molecule has 0 aliphatic heterocycles. The lowest BCUT2D eigenvalue weighted by atomic mass is 10.1. The maximum Gasteiger partial charge on any atom is 0.311 e. The highest BCUT2D eigenvalue weighted by atomic mass is 35.5. The summed E-state index contributed by atoms with van der Waals surface area (Å²) in [5.41, 5.74) is 1.29. The van der Waals surface area contributed by atoms with Crippen LogP contribution in [0.2, 0.25) is 5.15 Å². The minimum Gasteiger partial charge on any atom is -0.431 e. The quantitative estimate of drug-likeness (QED) is 0.488. The number of nitro benzene ring substituents is 1. The monoisotopic (exact) mass is 293 g/mol. The van der Waals surface area contributed by atoms with Gasteiger partial charge in [0.25, 0.3) is 0 Å². The summed E-state index contributed by atoms with van der Waals surface area (Å²) in [5.74, 6) is 0.336. The van der Waals surface area contributed by atoms with Gasteiger partial charge >= 0.3 is 5.69 Å². The van der Waals surface area contributed by atoms with Crippen LogP contribution in [0.5, 0.6) is 11.6 Å². The molecule has 1 heterocycles. The molecule has 104 valence electrons. The number of nitrogens with zero attached hydrogens (tertiary/aromatic N) is 3. The molecule has 2 aromatic rings. The number of rotatable bonds is 4. The molecular weight excluding hydrogens is 282 g/mol. The molecule has 7 heteroatoms. The molecule has 0 amide bonds. The standard InChI is InChI=1S/C13H12ClN3O3/c1-3-9-4-5-11(10(6-9)17(18)19)20-13-8(2)12(14)15-7-16-13/h4-7H,3H2,1-2H3. The molecule has 0 fully saturated rings. The zero-order valence-corrected chi connectivity index (χ0v) is 11.7. The minimum absolute atomic E-state index is 0.0986. The van der Waals surface area contributed by atoms with E-state index in [1.807, 2.05) is 6.92 Å². The van der Waals surface area contributed by atoms with Crippen molar-refractivity contribution in [2.45, 2.75) is 20.3 Å². The molecule has 2 rings (SSSR count). The lowest BCUT2D eigenvalue weighted by molar-refractivity contribution is -0.385. The smallest absolute Gasteiger partial charge is 0.311 e. The third kappa shape index (κ3) is 2.85. The predicted octanol–water partition coefficient (Wildman–Crippen LogP) is 3.70. The van der Waals surface area contributed by atoms with Gasteiger partial charge in [-0.25, -0.2) is 9.97 Å². The van der Waals surface area contributed by atoms with Gasteiger partial charge in [-0.1, -0.05) is 24.6 Å². The second-order valence-corrected chi connectivity index (χ2v) is 4.47. The van der Waals surface area contributed by atoms with Gasteiger partial charge in [0, 0.05) is 11.6 Å². The number of hydrogen-bond acceptors (Lipinski definition) is 5. The molecule has 0 spiro atoms. The SMILES string of the molecule is CCc1ccc(Oc2ncnc(Cl)c2C)c([N+](=O)[O-])c1. The minimum atomic E-state index is -0.480. The third-order valence-corrected chi connectivity index (χ3v) is 3.19. The Morgan fingerprint density at radius 2 is 2.15 bits per heavy atom. The molecule has 1 aromatic carbocycles. The summed E-state index contributed by atoms with van der Waals surface area (Å²) in [6.45, 7) is 3.61. The molecule has 0 aliphatic carbocycles. The Kier molecular flexibility index (Phi) is 4.14. The topological polar surface area (TPSA) is 78.2 Å². The molecule has 0 saturated heterocycles. The lowest BCUT2D eigenvalue weighted by Gasteiger charge is -2.08. The van der Waals surface area contributed by atoms with E-state index in [9.17, 15) is 10.1 Å². The zero-order chi connectivity index (χ0) is 14.7. The highest BCUT2D eigenvalue weighted by Crippen LogP contribution is 2.33. The summed E-state index contributed by atoms with van der Waals surface area (Å²) in [4.78, 5) is 18.4. The van der Waals surface area contributed by atoms with Gasteiger partial charge in [-0.2, -0.15) is 0 Å². The maximum absolute atomic E-state index is 11.1. The summed E-state index contributed by atoms with van der Waals surface area (Å²) in [6, 6.07) is 4.83. The van der Waals surface area contributed by atoms with Gasteiger partial charge in [0.1, 0.15) is 11.5 Å². The Labute approximate surface area is 120 Å². The van der Waals surface area contributed by atoms with E-state index in [1.165, 1.54) is 12.4 Å². The van der Waals surface area contributed by atoms with E-state index in [1.54, 1.807) is 19.1 Å². The van der Waals surface area contributed by atoms with E-state index in [4.69, 9.17) is 16.3 Å². The van der Waals surface area contributed by atoms with Gasteiger partial charge < -0.3 is 4.74 Å². The van der Waals surface area contributed by atoms with Crippen LogP contribution in [-0.2, 0) is 6.42 Å². The molecular formula is C13H12ClN3O3. The van der Waals surface area contributed by atoms with Crippen LogP contribution in [0.25, 0.3) is 0 Å². The highest BCUT2D eigenvalue weighted by Gasteiger charge is 2.18. The molecule has 20 heavy (non-hydrogen) atoms. The van der Waals surface area contributed by atoms with E-state index in [0.717, 1.165) is 5.56 Å². The van der Waals surface area contributed by atoms with E-state index in [-0.39, 0.29) is 22.5 Å². The first-order valence-corrected chi connectivity index (χ1v) is 6.33. The Morgan fingerprint density at radius 3 is 2.80 bits per heavy atom. The summed E-state index contributed by atoms with van der Waals surface area (Å²) in [6.07, 6.45) is 1.95. The summed E-state index contributed by atoms with van der Waals surface area (Å²) in [5, 5.41) is 11.4. The first-order chi connectivity index (χ1) is 9.52. The van der Waals surface area contributed by atoms with Crippen molar-refractivity contribution in [1.82, 2.24) is 9.97 Å². The fraction of sp³-hybridized carbons (Fsp3) is 0.231. The Balaban J connectivity index is 2.43. The number of aryl methyl sites for hydroxylation is 1. The number of hydrogen-bond donors (Lipinski definition) is 0. The number of halogens is 1. The van der Waals surface area contributed by atoms with Crippen LogP contribution < -0.4 is 4.74 Å². The normalized spacial score (nSPS) is 10.3. The largest absolute Gasteiger partial charge is 0.431 e.